The van der Waals surface area contributed by atoms with E-state index in [0.29, 0.717) is 35.0 Å². The van der Waals surface area contributed by atoms with Crippen molar-refractivity contribution >= 4 is 5.91 Å². The molecule has 0 spiro atoms. The SMILES string of the molecule is C[C@]12CCC3c4ccc(O)cc4C[C@@H](CCCCc4ccc(CCC(=O)NCC(F)(F)C(F)(F)C(F)(F)F)cc4)C3C1CC[C@@H]2O. The average Bonchev–Trinajstić information content (AvgIpc) is 3.30. The summed E-state index contributed by atoms with van der Waals surface area (Å²) >= 11 is 0. The summed E-state index contributed by atoms with van der Waals surface area (Å²) in [6.45, 7) is 0.153. The molecule has 4 nitrogen and oxygen atoms in total. The number of carbonyl (C=O) groups is 1. The number of hydrogen-bond donors (Lipinski definition) is 3. The quantitative estimate of drug-likeness (QED) is 0.169. The fraction of sp³-hybridized carbons (Fsp3) is 0.629. The van der Waals surface area contributed by atoms with Crippen LogP contribution in [0.1, 0.15) is 86.5 Å². The molecule has 3 unspecified atom stereocenters. The van der Waals surface area contributed by atoms with Gasteiger partial charge in [0.25, 0.3) is 0 Å². The maximum atomic E-state index is 13.4. The number of carbonyl (C=O) groups excluding carboxylic acids is 1. The monoisotopic (exact) mass is 657 g/mol. The summed E-state index contributed by atoms with van der Waals surface area (Å²) in [5.41, 5.74) is 4.36. The molecule has 254 valence electrons. The summed E-state index contributed by atoms with van der Waals surface area (Å²) in [4.78, 5) is 11.9. The lowest BCUT2D eigenvalue weighted by molar-refractivity contribution is -0.352. The molecule has 2 fully saturated rings. The summed E-state index contributed by atoms with van der Waals surface area (Å²) < 4.78 is 89.7. The maximum Gasteiger partial charge on any atom is 0.459 e. The molecule has 6 atom stereocenters. The van der Waals surface area contributed by atoms with Crippen molar-refractivity contribution < 1.29 is 45.7 Å². The van der Waals surface area contributed by atoms with E-state index in [9.17, 15) is 45.7 Å². The van der Waals surface area contributed by atoms with Crippen LogP contribution in [0.15, 0.2) is 42.5 Å². The molecule has 3 aliphatic rings. The standard InChI is InChI=1S/C35H42F7NO3/c1-32-17-16-27-26-12-11-25(44)19-24(26)18-23(31(27)28(32)13-14-29(32)45)5-3-2-4-21-6-8-22(9-7-21)10-15-30(46)43-20-33(36,37)34(38,39)35(40,41)42/h6-9,11-12,19,23,27-29,31,44-45H,2-5,10,13-18,20H2,1H3,(H,43,46)/t23-,27?,28?,29+,31?,32+/m1/s1. The molecule has 5 rings (SSSR count). The third-order valence-corrected chi connectivity index (χ3v) is 11.1. The molecule has 2 aromatic carbocycles. The van der Waals surface area contributed by atoms with Crippen molar-refractivity contribution in [3.8, 4) is 5.75 Å². The largest absolute Gasteiger partial charge is 0.508 e. The van der Waals surface area contributed by atoms with Crippen LogP contribution in [0.4, 0.5) is 30.7 Å². The third kappa shape index (κ3) is 6.76. The number of hydrogen-bond acceptors (Lipinski definition) is 3. The minimum absolute atomic E-state index is 0.0386. The Kier molecular flexibility index (Phi) is 9.75. The van der Waals surface area contributed by atoms with Crippen molar-refractivity contribution in [3.63, 3.8) is 0 Å². The number of rotatable bonds is 11. The average molecular weight is 658 g/mol. The van der Waals surface area contributed by atoms with E-state index in [1.165, 1.54) is 16.4 Å². The molecule has 0 radical (unpaired) electrons. The maximum absolute atomic E-state index is 13.4. The second-order valence-corrected chi connectivity index (χ2v) is 13.9. The number of unbranched alkanes of at least 4 members (excludes halogenated alkanes) is 1. The number of alkyl halides is 7. The number of aliphatic hydroxyl groups is 1. The van der Waals surface area contributed by atoms with Crippen LogP contribution in [0.5, 0.6) is 5.75 Å². The van der Waals surface area contributed by atoms with Crippen LogP contribution in [0.3, 0.4) is 0 Å². The lowest BCUT2D eigenvalue weighted by atomic mass is 9.52. The Balaban J connectivity index is 1.11. The number of nitrogens with one attached hydrogen (secondary N) is 1. The first-order chi connectivity index (χ1) is 21.5. The van der Waals surface area contributed by atoms with Gasteiger partial charge in [-0.3, -0.25) is 4.79 Å². The highest BCUT2D eigenvalue weighted by Crippen LogP contribution is 2.62. The number of aryl methyl sites for hydroxylation is 2. The zero-order valence-corrected chi connectivity index (χ0v) is 25.9. The van der Waals surface area contributed by atoms with Gasteiger partial charge in [-0.2, -0.15) is 30.7 Å². The van der Waals surface area contributed by atoms with E-state index in [2.05, 4.69) is 13.0 Å². The topological polar surface area (TPSA) is 69.6 Å². The van der Waals surface area contributed by atoms with Gasteiger partial charge >= 0.3 is 18.0 Å². The number of fused-ring (bicyclic) bond motifs is 5. The molecule has 0 aromatic heterocycles. The van der Waals surface area contributed by atoms with Gasteiger partial charge in [0.05, 0.1) is 12.6 Å². The summed E-state index contributed by atoms with van der Waals surface area (Å²) in [6.07, 6.45) is 1.88. The first-order valence-corrected chi connectivity index (χ1v) is 16.2. The van der Waals surface area contributed by atoms with Crippen molar-refractivity contribution in [1.82, 2.24) is 5.32 Å². The first kappa shape index (κ1) is 34.5. The highest BCUT2D eigenvalue weighted by atomic mass is 19.4. The van der Waals surface area contributed by atoms with Crippen molar-refractivity contribution in [2.45, 2.75) is 108 Å². The predicted molar refractivity (Wildman–Crippen MR) is 159 cm³/mol. The van der Waals surface area contributed by atoms with Crippen molar-refractivity contribution in [3.05, 3.63) is 64.7 Å². The number of amides is 1. The van der Waals surface area contributed by atoms with Crippen LogP contribution in [0.25, 0.3) is 0 Å². The number of aromatic hydroxyl groups is 1. The summed E-state index contributed by atoms with van der Waals surface area (Å²) in [5.74, 6) is -10.6. The van der Waals surface area contributed by atoms with Crippen molar-refractivity contribution in [2.75, 3.05) is 6.54 Å². The van der Waals surface area contributed by atoms with Crippen LogP contribution in [0, 0.1) is 23.2 Å². The molecule has 11 heteroatoms. The van der Waals surface area contributed by atoms with Crippen molar-refractivity contribution in [2.24, 2.45) is 23.2 Å². The molecule has 0 bridgehead atoms. The fourth-order valence-electron chi connectivity index (χ4n) is 8.51. The number of benzene rings is 2. The van der Waals surface area contributed by atoms with Crippen molar-refractivity contribution in [1.29, 1.82) is 0 Å². The van der Waals surface area contributed by atoms with E-state index in [1.807, 2.05) is 18.2 Å². The highest BCUT2D eigenvalue weighted by Gasteiger charge is 2.72. The van der Waals surface area contributed by atoms with Gasteiger partial charge in [-0.15, -0.1) is 0 Å². The Bertz CT molecular complexity index is 1380. The van der Waals surface area contributed by atoms with Gasteiger partial charge in [0.2, 0.25) is 5.91 Å². The Hall–Kier alpha value is -2.82. The van der Waals surface area contributed by atoms with E-state index in [0.717, 1.165) is 63.4 Å². The van der Waals surface area contributed by atoms with Gasteiger partial charge in [-0.05, 0) is 121 Å². The van der Waals surface area contributed by atoms with E-state index >= 15 is 0 Å². The fourth-order valence-corrected chi connectivity index (χ4v) is 8.51. The molecule has 2 saturated carbocycles. The van der Waals surface area contributed by atoms with Crippen LogP contribution in [-0.4, -0.2) is 46.8 Å². The van der Waals surface area contributed by atoms with E-state index < -0.39 is 30.5 Å². The molecule has 0 saturated heterocycles. The Morgan fingerprint density at radius 1 is 0.935 bits per heavy atom. The molecular formula is C35H42F7NO3. The number of halogens is 7. The second kappa shape index (κ2) is 13.0. The Morgan fingerprint density at radius 2 is 1.61 bits per heavy atom. The third-order valence-electron chi connectivity index (χ3n) is 11.1. The molecule has 0 heterocycles. The van der Waals surface area contributed by atoms with E-state index in [1.54, 1.807) is 18.2 Å². The molecule has 3 aliphatic carbocycles. The van der Waals surface area contributed by atoms with Gasteiger partial charge in [-0.25, -0.2) is 0 Å². The smallest absolute Gasteiger partial charge is 0.459 e. The van der Waals surface area contributed by atoms with Gasteiger partial charge in [0.1, 0.15) is 5.75 Å². The number of aliphatic hydroxyl groups excluding tert-OH is 1. The first-order valence-electron chi connectivity index (χ1n) is 16.2. The minimum Gasteiger partial charge on any atom is -0.508 e. The molecular weight excluding hydrogens is 615 g/mol. The van der Waals surface area contributed by atoms with Crippen LogP contribution < -0.4 is 5.32 Å². The van der Waals surface area contributed by atoms with Crippen LogP contribution in [0.2, 0.25) is 0 Å². The van der Waals surface area contributed by atoms with E-state index in [-0.39, 0.29) is 24.4 Å². The normalized spacial score (nSPS) is 27.9. The minimum atomic E-state index is -6.43. The zero-order valence-electron chi connectivity index (χ0n) is 25.9. The van der Waals surface area contributed by atoms with Crippen LogP contribution in [-0.2, 0) is 24.1 Å². The Labute approximate surface area is 264 Å². The second-order valence-electron chi connectivity index (χ2n) is 13.9. The van der Waals surface area contributed by atoms with Gasteiger partial charge in [0, 0.05) is 6.42 Å². The Morgan fingerprint density at radius 3 is 2.28 bits per heavy atom. The highest BCUT2D eigenvalue weighted by molar-refractivity contribution is 5.76. The van der Waals surface area contributed by atoms with Gasteiger partial charge in [-0.1, -0.05) is 43.7 Å². The summed E-state index contributed by atoms with van der Waals surface area (Å²) in [7, 11) is 0. The van der Waals surface area contributed by atoms with E-state index in [4.69, 9.17) is 0 Å². The molecule has 2 aromatic rings. The predicted octanol–water partition coefficient (Wildman–Crippen LogP) is 8.13. The lowest BCUT2D eigenvalue weighted by Crippen LogP contribution is -2.56. The lowest BCUT2D eigenvalue weighted by Gasteiger charge is -2.53. The summed E-state index contributed by atoms with van der Waals surface area (Å²) in [5, 5.41) is 22.6. The molecule has 3 N–H and O–H groups in total. The molecule has 1 amide bonds. The number of phenolic OH excluding ortho intramolecular Hbond substituents is 1. The zero-order chi connectivity index (χ0) is 33.5. The van der Waals surface area contributed by atoms with Gasteiger partial charge < -0.3 is 15.5 Å². The van der Waals surface area contributed by atoms with Crippen LogP contribution >= 0.6 is 0 Å². The summed E-state index contributed by atoms with van der Waals surface area (Å²) in [6, 6.07) is 13.2. The van der Waals surface area contributed by atoms with Gasteiger partial charge in [0.15, 0.2) is 0 Å². The molecule has 46 heavy (non-hydrogen) atoms. The molecule has 0 aliphatic heterocycles. The number of phenols is 1.